The molecule has 2 fully saturated rings. The van der Waals surface area contributed by atoms with Gasteiger partial charge in [-0.2, -0.15) is 0 Å². The standard InChI is InChI=1S/C15H18F2N2O.ClH/c16-12-5-4-11(7-13(12)17)19-14(20)15-6-2-1-3-10(15)8-18-9-15;/h4-5,7,10,18H,1-3,6,8-9H2,(H,19,20);1H/t10-,15+;/m0./s1. The number of amides is 1. The third kappa shape index (κ3) is 2.90. The van der Waals surface area contributed by atoms with Crippen molar-refractivity contribution < 1.29 is 13.6 Å². The molecule has 1 amide bonds. The number of hydrogen-bond donors (Lipinski definition) is 2. The predicted molar refractivity (Wildman–Crippen MR) is 79.5 cm³/mol. The molecule has 1 aliphatic heterocycles. The van der Waals surface area contributed by atoms with E-state index in [2.05, 4.69) is 10.6 Å². The van der Waals surface area contributed by atoms with Gasteiger partial charge in [-0.05, 0) is 37.4 Å². The molecule has 1 aromatic rings. The predicted octanol–water partition coefficient (Wildman–Crippen LogP) is 3.10. The highest BCUT2D eigenvalue weighted by atomic mass is 35.5. The first-order valence-corrected chi connectivity index (χ1v) is 7.09. The highest BCUT2D eigenvalue weighted by Crippen LogP contribution is 2.44. The molecule has 2 aliphatic rings. The largest absolute Gasteiger partial charge is 0.325 e. The smallest absolute Gasteiger partial charge is 0.232 e. The maximum atomic E-state index is 13.2. The van der Waals surface area contributed by atoms with Crippen molar-refractivity contribution in [1.29, 1.82) is 0 Å². The molecule has 3 rings (SSSR count). The quantitative estimate of drug-likeness (QED) is 0.880. The first-order chi connectivity index (χ1) is 9.62. The van der Waals surface area contributed by atoms with Crippen molar-refractivity contribution in [3.8, 4) is 0 Å². The molecular formula is C15H19ClF2N2O. The zero-order valence-electron chi connectivity index (χ0n) is 11.6. The van der Waals surface area contributed by atoms with Crippen molar-refractivity contribution in [1.82, 2.24) is 5.32 Å². The molecule has 0 bridgehead atoms. The molecule has 0 radical (unpaired) electrons. The molecule has 2 N–H and O–H groups in total. The number of nitrogens with one attached hydrogen (secondary N) is 2. The highest BCUT2D eigenvalue weighted by molar-refractivity contribution is 5.96. The number of benzene rings is 1. The van der Waals surface area contributed by atoms with Crippen LogP contribution in [0.4, 0.5) is 14.5 Å². The van der Waals surface area contributed by atoms with E-state index in [1.54, 1.807) is 0 Å². The van der Waals surface area contributed by atoms with Crippen LogP contribution in [0.2, 0.25) is 0 Å². The average Bonchev–Trinajstić information content (AvgIpc) is 2.88. The minimum Gasteiger partial charge on any atom is -0.325 e. The average molecular weight is 317 g/mol. The fraction of sp³-hybridized carbons (Fsp3) is 0.533. The fourth-order valence-electron chi connectivity index (χ4n) is 3.52. The zero-order valence-corrected chi connectivity index (χ0v) is 12.4. The minimum absolute atomic E-state index is 0. The van der Waals surface area contributed by atoms with Gasteiger partial charge in [0, 0.05) is 18.3 Å². The lowest BCUT2D eigenvalue weighted by Gasteiger charge is -2.37. The summed E-state index contributed by atoms with van der Waals surface area (Å²) in [6, 6.07) is 3.46. The molecule has 2 atom stereocenters. The zero-order chi connectivity index (χ0) is 14.2. The SMILES string of the molecule is Cl.O=C(Nc1ccc(F)c(F)c1)[C@@]12CCCC[C@H]1CNC2. The molecule has 1 saturated carbocycles. The topological polar surface area (TPSA) is 41.1 Å². The summed E-state index contributed by atoms with van der Waals surface area (Å²) < 4.78 is 26.1. The first-order valence-electron chi connectivity index (χ1n) is 7.09. The van der Waals surface area contributed by atoms with Crippen LogP contribution in [-0.4, -0.2) is 19.0 Å². The summed E-state index contributed by atoms with van der Waals surface area (Å²) in [6.07, 6.45) is 4.12. The second kappa shape index (κ2) is 6.28. The second-order valence-electron chi connectivity index (χ2n) is 5.81. The van der Waals surface area contributed by atoms with E-state index in [0.29, 0.717) is 18.2 Å². The van der Waals surface area contributed by atoms with Crippen LogP contribution in [0.1, 0.15) is 25.7 Å². The number of fused-ring (bicyclic) bond motifs is 1. The summed E-state index contributed by atoms with van der Waals surface area (Å²) in [7, 11) is 0. The third-order valence-corrected chi connectivity index (χ3v) is 4.67. The second-order valence-corrected chi connectivity index (χ2v) is 5.81. The van der Waals surface area contributed by atoms with Gasteiger partial charge in [-0.1, -0.05) is 12.8 Å². The number of carbonyl (C=O) groups excluding carboxylic acids is 1. The number of anilines is 1. The van der Waals surface area contributed by atoms with Gasteiger partial charge in [0.05, 0.1) is 5.41 Å². The Kier molecular flexibility index (Phi) is 4.84. The van der Waals surface area contributed by atoms with Gasteiger partial charge >= 0.3 is 0 Å². The van der Waals surface area contributed by atoms with Crippen molar-refractivity contribution in [2.24, 2.45) is 11.3 Å². The Bertz CT molecular complexity index is 540. The lowest BCUT2D eigenvalue weighted by molar-refractivity contribution is -0.128. The Morgan fingerprint density at radius 1 is 1.29 bits per heavy atom. The van der Waals surface area contributed by atoms with E-state index in [4.69, 9.17) is 0 Å². The Morgan fingerprint density at radius 3 is 2.86 bits per heavy atom. The van der Waals surface area contributed by atoms with Crippen LogP contribution in [-0.2, 0) is 4.79 Å². The van der Waals surface area contributed by atoms with Gasteiger partial charge in [-0.25, -0.2) is 8.78 Å². The van der Waals surface area contributed by atoms with E-state index < -0.39 is 11.6 Å². The van der Waals surface area contributed by atoms with Crippen molar-refractivity contribution >= 4 is 24.0 Å². The molecule has 1 heterocycles. The summed E-state index contributed by atoms with van der Waals surface area (Å²) in [4.78, 5) is 12.6. The van der Waals surface area contributed by atoms with E-state index in [0.717, 1.165) is 44.4 Å². The molecule has 6 heteroatoms. The number of hydrogen-bond acceptors (Lipinski definition) is 2. The first kappa shape index (κ1) is 16.2. The summed E-state index contributed by atoms with van der Waals surface area (Å²) in [5.41, 5.74) is -0.0668. The summed E-state index contributed by atoms with van der Waals surface area (Å²) >= 11 is 0. The molecule has 1 aromatic carbocycles. The van der Waals surface area contributed by atoms with E-state index in [-0.39, 0.29) is 23.7 Å². The molecule has 1 saturated heterocycles. The lowest BCUT2D eigenvalue weighted by atomic mass is 9.67. The van der Waals surface area contributed by atoms with Gasteiger partial charge in [0.1, 0.15) is 0 Å². The van der Waals surface area contributed by atoms with Crippen LogP contribution in [0.25, 0.3) is 0 Å². The van der Waals surface area contributed by atoms with Crippen molar-refractivity contribution in [3.63, 3.8) is 0 Å². The van der Waals surface area contributed by atoms with Gasteiger partial charge in [-0.15, -0.1) is 12.4 Å². The minimum atomic E-state index is -0.940. The molecule has 1 aliphatic carbocycles. The third-order valence-electron chi connectivity index (χ3n) is 4.67. The van der Waals surface area contributed by atoms with Crippen LogP contribution < -0.4 is 10.6 Å². The highest BCUT2D eigenvalue weighted by Gasteiger charge is 2.49. The molecular weight excluding hydrogens is 298 g/mol. The van der Waals surface area contributed by atoms with Crippen LogP contribution in [0, 0.1) is 23.0 Å². The maximum Gasteiger partial charge on any atom is 0.232 e. The molecule has 0 unspecified atom stereocenters. The fourth-order valence-corrected chi connectivity index (χ4v) is 3.52. The molecule has 0 spiro atoms. The number of carbonyl (C=O) groups is 1. The molecule has 3 nitrogen and oxygen atoms in total. The van der Waals surface area contributed by atoms with Crippen LogP contribution in [0.3, 0.4) is 0 Å². The van der Waals surface area contributed by atoms with E-state index in [9.17, 15) is 13.6 Å². The lowest BCUT2D eigenvalue weighted by Crippen LogP contribution is -2.44. The monoisotopic (exact) mass is 316 g/mol. The number of halogens is 3. The van der Waals surface area contributed by atoms with Crippen molar-refractivity contribution in [2.45, 2.75) is 25.7 Å². The van der Waals surface area contributed by atoms with Crippen LogP contribution in [0.15, 0.2) is 18.2 Å². The van der Waals surface area contributed by atoms with E-state index >= 15 is 0 Å². The molecule has 116 valence electrons. The van der Waals surface area contributed by atoms with Gasteiger partial charge in [0.2, 0.25) is 5.91 Å². The van der Waals surface area contributed by atoms with Crippen LogP contribution in [0.5, 0.6) is 0 Å². The Labute approximate surface area is 128 Å². The van der Waals surface area contributed by atoms with Gasteiger partial charge < -0.3 is 10.6 Å². The van der Waals surface area contributed by atoms with Gasteiger partial charge in [0.25, 0.3) is 0 Å². The maximum absolute atomic E-state index is 13.2. The Balaban J connectivity index is 0.00000161. The summed E-state index contributed by atoms with van der Waals surface area (Å²) in [5.74, 6) is -1.57. The van der Waals surface area contributed by atoms with E-state index in [1.807, 2.05) is 0 Å². The number of rotatable bonds is 2. The van der Waals surface area contributed by atoms with E-state index in [1.165, 1.54) is 6.07 Å². The van der Waals surface area contributed by atoms with Crippen molar-refractivity contribution in [3.05, 3.63) is 29.8 Å². The molecule has 21 heavy (non-hydrogen) atoms. The van der Waals surface area contributed by atoms with Crippen molar-refractivity contribution in [2.75, 3.05) is 18.4 Å². The van der Waals surface area contributed by atoms with Crippen LogP contribution >= 0.6 is 12.4 Å². The summed E-state index contributed by atoms with van der Waals surface area (Å²) in [5, 5.41) is 6.05. The Morgan fingerprint density at radius 2 is 2.10 bits per heavy atom. The van der Waals surface area contributed by atoms with Gasteiger partial charge in [0.15, 0.2) is 11.6 Å². The normalized spacial score (nSPS) is 27.6. The molecule has 0 aromatic heterocycles. The van der Waals surface area contributed by atoms with Gasteiger partial charge in [-0.3, -0.25) is 4.79 Å². The summed E-state index contributed by atoms with van der Waals surface area (Å²) in [6.45, 7) is 1.54. The Hall–Kier alpha value is -1.20.